The van der Waals surface area contributed by atoms with Crippen molar-refractivity contribution in [3.63, 3.8) is 0 Å². The van der Waals surface area contributed by atoms with Crippen molar-refractivity contribution in [2.24, 2.45) is 0 Å². The summed E-state index contributed by atoms with van der Waals surface area (Å²) in [5.41, 5.74) is 3.32. The van der Waals surface area contributed by atoms with E-state index in [4.69, 9.17) is 37.3 Å². The fourth-order valence-electron chi connectivity index (χ4n) is 7.26. The van der Waals surface area contributed by atoms with Crippen molar-refractivity contribution in [3.8, 4) is 28.7 Å². The van der Waals surface area contributed by atoms with Crippen LogP contribution in [0.3, 0.4) is 0 Å². The maximum atomic E-state index is 11.8. The Morgan fingerprint density at radius 2 is 0.806 bits per heavy atom. The van der Waals surface area contributed by atoms with Gasteiger partial charge in [-0.25, -0.2) is 14.4 Å². The average molecular weight is 908 g/mol. The van der Waals surface area contributed by atoms with Gasteiger partial charge in [-0.2, -0.15) is 0 Å². The third-order valence-electron chi connectivity index (χ3n) is 10.7. The molecule has 0 spiro atoms. The van der Waals surface area contributed by atoms with Crippen LogP contribution in [0.25, 0.3) is 21.9 Å². The number of ether oxygens (including phenoxy) is 6. The molecule has 0 fully saturated rings. The molecule has 0 unspecified atom stereocenters. The molecular formula is C55H57NO11. The van der Waals surface area contributed by atoms with Gasteiger partial charge in [0.25, 0.3) is 0 Å². The number of hydrogen-bond donors (Lipinski definition) is 0. The smallest absolute Gasteiger partial charge is 0.336 e. The van der Waals surface area contributed by atoms with Crippen molar-refractivity contribution in [1.82, 2.24) is 0 Å². The first-order chi connectivity index (χ1) is 32.8. The molecule has 0 atom stereocenters. The van der Waals surface area contributed by atoms with Crippen molar-refractivity contribution >= 4 is 45.0 Å². The van der Waals surface area contributed by atoms with Crippen LogP contribution in [0, 0.1) is 0 Å². The highest BCUT2D eigenvalue weighted by Crippen LogP contribution is 2.39. The van der Waals surface area contributed by atoms with Crippen LogP contribution in [0.4, 0.5) is 17.1 Å². The number of fused-ring (bicyclic) bond motifs is 2. The van der Waals surface area contributed by atoms with Crippen LogP contribution in [0.15, 0.2) is 164 Å². The normalized spacial score (nSPS) is 11.0. The number of carbonyl (C=O) groups excluding carboxylic acids is 1. The lowest BCUT2D eigenvalue weighted by molar-refractivity contribution is -0.139. The lowest BCUT2D eigenvalue weighted by Gasteiger charge is -2.26. The first-order valence-corrected chi connectivity index (χ1v) is 22.9. The van der Waals surface area contributed by atoms with Crippen molar-refractivity contribution < 1.29 is 42.1 Å². The quantitative estimate of drug-likeness (QED) is 0.0210. The van der Waals surface area contributed by atoms with Gasteiger partial charge in [-0.05, 0) is 131 Å². The Bertz CT molecular complexity index is 2680. The molecule has 0 aliphatic heterocycles. The Hall–Kier alpha value is -7.47. The topological polar surface area (TPSA) is 136 Å². The number of rotatable bonds is 27. The van der Waals surface area contributed by atoms with Gasteiger partial charge in [0, 0.05) is 82.3 Å². The van der Waals surface area contributed by atoms with Gasteiger partial charge in [0.15, 0.2) is 0 Å². The molecule has 0 saturated heterocycles. The summed E-state index contributed by atoms with van der Waals surface area (Å²) in [6.45, 7) is 8.14. The zero-order valence-electron chi connectivity index (χ0n) is 38.0. The molecule has 2 aromatic heterocycles. The monoisotopic (exact) mass is 907 g/mol. The molecule has 0 radical (unpaired) electrons. The second kappa shape index (κ2) is 24.7. The summed E-state index contributed by atoms with van der Waals surface area (Å²) < 4.78 is 46.3. The van der Waals surface area contributed by atoms with Gasteiger partial charge in [-0.1, -0.05) is 24.8 Å². The van der Waals surface area contributed by atoms with E-state index in [1.54, 1.807) is 31.2 Å². The number of carbonyl (C=O) groups is 1. The summed E-state index contributed by atoms with van der Waals surface area (Å²) in [5.74, 6) is 3.15. The highest BCUT2D eigenvalue weighted by atomic mass is 16.5. The van der Waals surface area contributed by atoms with Gasteiger partial charge in [-0.3, -0.25) is 0 Å². The molecule has 12 heteroatoms. The Morgan fingerprint density at radius 3 is 1.19 bits per heavy atom. The molecule has 0 amide bonds. The molecule has 7 rings (SSSR count). The number of hydrogen-bond acceptors (Lipinski definition) is 12. The minimum Gasteiger partial charge on any atom is -0.494 e. The fourth-order valence-corrected chi connectivity index (χ4v) is 7.26. The van der Waals surface area contributed by atoms with E-state index in [0.29, 0.717) is 73.4 Å². The standard InChI is InChI=1S/C55H57NO11/c1-40(2)55(59)65-34-14-33-64-48-20-13-17-45(37-48)56(43-15-11-18-46(35-43)60-29-7-3-5-9-31-62-49-25-21-41-23-27-53(57)66-51(41)38-49)44-16-12-19-47(36-44)61-30-8-4-6-10-32-63-50-26-22-42-24-28-54(58)67-52(42)39-50/h11-13,15-28,35-39H,1,3-10,14,29-34H2,2H3. The van der Waals surface area contributed by atoms with E-state index in [1.165, 1.54) is 12.1 Å². The molecular weight excluding hydrogens is 851 g/mol. The van der Waals surface area contributed by atoms with E-state index in [1.807, 2.05) is 84.9 Å². The first kappa shape index (κ1) is 47.5. The molecule has 0 aliphatic carbocycles. The molecule has 0 aliphatic rings. The predicted octanol–water partition coefficient (Wildman–Crippen LogP) is 12.3. The molecule has 348 valence electrons. The zero-order valence-corrected chi connectivity index (χ0v) is 38.0. The SMILES string of the molecule is C=C(C)C(=O)OCCCOc1cccc(N(c2cccc(OCCCCCCOc3ccc4ccc(=O)oc4c3)c2)c2cccc(OCCCCCCOc3ccc4ccc(=O)oc4c3)c2)c1. The van der Waals surface area contributed by atoms with Crippen molar-refractivity contribution in [2.45, 2.75) is 64.7 Å². The van der Waals surface area contributed by atoms with E-state index < -0.39 is 5.97 Å². The zero-order chi connectivity index (χ0) is 46.6. The molecule has 0 bridgehead atoms. The van der Waals surface area contributed by atoms with Crippen molar-refractivity contribution in [3.05, 3.63) is 166 Å². The van der Waals surface area contributed by atoms with Gasteiger partial charge < -0.3 is 42.2 Å². The Balaban J connectivity index is 0.913. The van der Waals surface area contributed by atoms with Crippen LogP contribution in [-0.4, -0.2) is 45.6 Å². The summed E-state index contributed by atoms with van der Waals surface area (Å²) >= 11 is 0. The van der Waals surface area contributed by atoms with Gasteiger partial charge in [0.2, 0.25) is 0 Å². The molecule has 0 N–H and O–H groups in total. The van der Waals surface area contributed by atoms with Crippen molar-refractivity contribution in [1.29, 1.82) is 0 Å². The van der Waals surface area contributed by atoms with Crippen LogP contribution < -0.4 is 39.8 Å². The molecule has 67 heavy (non-hydrogen) atoms. The van der Waals surface area contributed by atoms with E-state index in [0.717, 1.165) is 90.7 Å². The van der Waals surface area contributed by atoms with Crippen LogP contribution in [-0.2, 0) is 9.53 Å². The maximum absolute atomic E-state index is 11.8. The summed E-state index contributed by atoms with van der Waals surface area (Å²) in [4.78, 5) is 37.1. The molecule has 0 saturated carbocycles. The van der Waals surface area contributed by atoms with Crippen molar-refractivity contribution in [2.75, 3.05) is 44.5 Å². The molecule has 7 aromatic rings. The number of nitrogens with zero attached hydrogens (tertiary/aromatic N) is 1. The summed E-state index contributed by atoms with van der Waals surface area (Å²) in [6.07, 6.45) is 8.05. The van der Waals surface area contributed by atoms with E-state index in [-0.39, 0.29) is 17.9 Å². The van der Waals surface area contributed by atoms with E-state index in [2.05, 4.69) is 23.6 Å². The van der Waals surface area contributed by atoms with E-state index >= 15 is 0 Å². The van der Waals surface area contributed by atoms with Crippen LogP contribution in [0.5, 0.6) is 28.7 Å². The lowest BCUT2D eigenvalue weighted by atomic mass is 10.1. The van der Waals surface area contributed by atoms with Gasteiger partial charge in [-0.15, -0.1) is 0 Å². The van der Waals surface area contributed by atoms with Gasteiger partial charge in [0.1, 0.15) is 39.9 Å². The number of benzene rings is 5. The van der Waals surface area contributed by atoms with Gasteiger partial charge in [0.05, 0.1) is 39.6 Å². The van der Waals surface area contributed by atoms with Crippen LogP contribution in [0.1, 0.15) is 64.7 Å². The fraction of sp³-hybridized carbons (Fsp3) is 0.291. The third kappa shape index (κ3) is 14.8. The Kier molecular flexibility index (Phi) is 17.5. The minimum atomic E-state index is -0.410. The molecule has 12 nitrogen and oxygen atoms in total. The number of anilines is 3. The number of unbranched alkanes of at least 4 members (excludes halogenated alkanes) is 6. The molecule has 5 aromatic carbocycles. The van der Waals surface area contributed by atoms with E-state index in [9.17, 15) is 14.4 Å². The summed E-state index contributed by atoms with van der Waals surface area (Å²) in [6, 6.07) is 41.4. The summed E-state index contributed by atoms with van der Waals surface area (Å²) in [5, 5.41) is 1.71. The minimum absolute atomic E-state index is 0.240. The Morgan fingerprint density at radius 1 is 0.448 bits per heavy atom. The largest absolute Gasteiger partial charge is 0.494 e. The lowest BCUT2D eigenvalue weighted by Crippen LogP contribution is -2.11. The second-order valence-corrected chi connectivity index (χ2v) is 16.1. The highest BCUT2D eigenvalue weighted by molar-refractivity contribution is 5.87. The number of esters is 1. The maximum Gasteiger partial charge on any atom is 0.336 e. The Labute approximate surface area is 390 Å². The van der Waals surface area contributed by atoms with Crippen LogP contribution in [0.2, 0.25) is 0 Å². The third-order valence-corrected chi connectivity index (χ3v) is 10.7. The first-order valence-electron chi connectivity index (χ1n) is 22.9. The molecule has 2 heterocycles. The average Bonchev–Trinajstić information content (AvgIpc) is 3.33. The predicted molar refractivity (Wildman–Crippen MR) is 261 cm³/mol. The van der Waals surface area contributed by atoms with Crippen LogP contribution >= 0.6 is 0 Å². The second-order valence-electron chi connectivity index (χ2n) is 16.1. The van der Waals surface area contributed by atoms with Gasteiger partial charge >= 0.3 is 17.2 Å². The highest BCUT2D eigenvalue weighted by Gasteiger charge is 2.16. The summed E-state index contributed by atoms with van der Waals surface area (Å²) in [7, 11) is 0.